The predicted molar refractivity (Wildman–Crippen MR) is 141 cm³/mol. The number of hydrogen-bond donors (Lipinski definition) is 1. The first-order valence-electron chi connectivity index (χ1n) is 11.9. The average molecular weight is 530 g/mol. The molecular weight excluding hydrogens is 501 g/mol. The second-order valence-electron chi connectivity index (χ2n) is 8.84. The molecule has 1 N–H and O–H groups in total. The summed E-state index contributed by atoms with van der Waals surface area (Å²) in [5.41, 5.74) is 1.36. The normalized spacial score (nSPS) is 15.0. The van der Waals surface area contributed by atoms with E-state index < -0.39 is 6.03 Å². The van der Waals surface area contributed by atoms with E-state index in [2.05, 4.69) is 5.32 Å². The van der Waals surface area contributed by atoms with Crippen LogP contribution in [0, 0.1) is 12.7 Å². The summed E-state index contributed by atoms with van der Waals surface area (Å²) in [6.07, 6.45) is 1.65. The van der Waals surface area contributed by atoms with Gasteiger partial charge in [0.25, 0.3) is 0 Å². The number of nitrogens with zero attached hydrogens (tertiary/aromatic N) is 2. The van der Waals surface area contributed by atoms with Crippen LogP contribution in [0.4, 0.5) is 14.9 Å². The zero-order valence-corrected chi connectivity index (χ0v) is 21.7. The molecule has 190 valence electrons. The van der Waals surface area contributed by atoms with Crippen LogP contribution >= 0.6 is 22.9 Å². The molecule has 0 aliphatic carbocycles. The van der Waals surface area contributed by atoms with E-state index in [1.54, 1.807) is 52.6 Å². The summed E-state index contributed by atoms with van der Waals surface area (Å²) in [4.78, 5) is 32.2. The summed E-state index contributed by atoms with van der Waals surface area (Å²) >= 11 is 7.69. The third-order valence-corrected chi connectivity index (χ3v) is 7.14. The van der Waals surface area contributed by atoms with Gasteiger partial charge in [0.05, 0.1) is 12.6 Å². The van der Waals surface area contributed by atoms with E-state index in [0.29, 0.717) is 37.0 Å². The molecule has 3 aromatic rings. The van der Waals surface area contributed by atoms with Gasteiger partial charge in [0.2, 0.25) is 5.91 Å². The number of ether oxygens (including phenoxy) is 1. The number of hydrogen-bond acceptors (Lipinski definition) is 4. The topological polar surface area (TPSA) is 61.9 Å². The van der Waals surface area contributed by atoms with Gasteiger partial charge in [-0.25, -0.2) is 9.18 Å². The fourth-order valence-electron chi connectivity index (χ4n) is 4.09. The number of carbonyl (C=O) groups is 2. The predicted octanol–water partition coefficient (Wildman–Crippen LogP) is 6.09. The molecule has 1 aliphatic rings. The number of thiophene rings is 1. The molecule has 1 fully saturated rings. The van der Waals surface area contributed by atoms with Crippen molar-refractivity contribution in [2.45, 2.75) is 39.0 Å². The molecule has 0 saturated carbocycles. The summed E-state index contributed by atoms with van der Waals surface area (Å²) in [6, 6.07) is 16.6. The Balaban J connectivity index is 1.52. The molecule has 0 radical (unpaired) electrons. The van der Waals surface area contributed by atoms with E-state index in [-0.39, 0.29) is 24.4 Å². The SMILES string of the molecule is Cc1ccc(CN(Cc2ccc(F)cc2)C(=O)CN(CC2CCCO2)C(=O)Nc2cccc(Cl)c2)s1. The Morgan fingerprint density at radius 1 is 1.11 bits per heavy atom. The minimum absolute atomic E-state index is 0.113. The van der Waals surface area contributed by atoms with Gasteiger partial charge >= 0.3 is 6.03 Å². The van der Waals surface area contributed by atoms with Gasteiger partial charge in [0.15, 0.2) is 0 Å². The second kappa shape index (κ2) is 12.3. The maximum absolute atomic E-state index is 13.6. The number of carbonyl (C=O) groups excluding carboxylic acids is 2. The lowest BCUT2D eigenvalue weighted by Gasteiger charge is -2.29. The molecular formula is C27H29ClFN3O3S. The van der Waals surface area contributed by atoms with Gasteiger partial charge in [-0.2, -0.15) is 0 Å². The fraction of sp³-hybridized carbons (Fsp3) is 0.333. The molecule has 0 bridgehead atoms. The van der Waals surface area contributed by atoms with Gasteiger partial charge < -0.3 is 19.9 Å². The van der Waals surface area contributed by atoms with Crippen LogP contribution in [0.5, 0.6) is 0 Å². The smallest absolute Gasteiger partial charge is 0.322 e. The molecule has 1 atom stereocenters. The first-order chi connectivity index (χ1) is 17.4. The highest BCUT2D eigenvalue weighted by atomic mass is 35.5. The molecule has 36 heavy (non-hydrogen) atoms. The Hall–Kier alpha value is -2.94. The van der Waals surface area contributed by atoms with Crippen molar-refractivity contribution in [3.05, 3.63) is 86.8 Å². The number of halogens is 2. The third kappa shape index (κ3) is 7.53. The zero-order chi connectivity index (χ0) is 25.5. The summed E-state index contributed by atoms with van der Waals surface area (Å²) in [6.45, 7) is 3.57. The fourth-order valence-corrected chi connectivity index (χ4v) is 5.18. The number of amides is 3. The molecule has 6 nitrogen and oxygen atoms in total. The number of aryl methyl sites for hydroxylation is 1. The van der Waals surface area contributed by atoms with Crippen molar-refractivity contribution in [3.8, 4) is 0 Å². The number of rotatable bonds is 9. The third-order valence-electron chi connectivity index (χ3n) is 5.92. The summed E-state index contributed by atoms with van der Waals surface area (Å²) in [5, 5.41) is 3.35. The maximum Gasteiger partial charge on any atom is 0.322 e. The molecule has 2 heterocycles. The number of urea groups is 1. The average Bonchev–Trinajstić information content (AvgIpc) is 3.51. The van der Waals surface area contributed by atoms with Crippen molar-refractivity contribution in [2.24, 2.45) is 0 Å². The molecule has 4 rings (SSSR count). The van der Waals surface area contributed by atoms with Crippen LogP contribution < -0.4 is 5.32 Å². The lowest BCUT2D eigenvalue weighted by molar-refractivity contribution is -0.133. The van der Waals surface area contributed by atoms with Gasteiger partial charge in [0.1, 0.15) is 12.4 Å². The minimum atomic E-state index is -0.394. The second-order valence-corrected chi connectivity index (χ2v) is 10.7. The maximum atomic E-state index is 13.6. The van der Waals surface area contributed by atoms with Crippen molar-refractivity contribution in [2.75, 3.05) is 25.0 Å². The largest absolute Gasteiger partial charge is 0.376 e. The number of anilines is 1. The molecule has 1 unspecified atom stereocenters. The molecule has 1 aromatic heterocycles. The quantitative estimate of drug-likeness (QED) is 0.365. The Morgan fingerprint density at radius 3 is 2.58 bits per heavy atom. The van der Waals surface area contributed by atoms with Gasteiger partial charge in [-0.3, -0.25) is 4.79 Å². The van der Waals surface area contributed by atoms with Gasteiger partial charge in [0, 0.05) is 40.2 Å². The van der Waals surface area contributed by atoms with E-state index >= 15 is 0 Å². The van der Waals surface area contributed by atoms with Crippen LogP contribution in [0.1, 0.15) is 28.2 Å². The van der Waals surface area contributed by atoms with E-state index in [0.717, 1.165) is 28.2 Å². The van der Waals surface area contributed by atoms with Crippen LogP contribution in [0.3, 0.4) is 0 Å². The molecule has 1 aliphatic heterocycles. The van der Waals surface area contributed by atoms with E-state index in [9.17, 15) is 14.0 Å². The molecule has 2 aromatic carbocycles. The first-order valence-corrected chi connectivity index (χ1v) is 13.1. The van der Waals surface area contributed by atoms with E-state index in [4.69, 9.17) is 16.3 Å². The Labute approximate surface area is 219 Å². The molecule has 1 saturated heterocycles. The number of benzene rings is 2. The molecule has 3 amide bonds. The van der Waals surface area contributed by atoms with Crippen molar-refractivity contribution >= 4 is 40.6 Å². The van der Waals surface area contributed by atoms with Crippen molar-refractivity contribution < 1.29 is 18.7 Å². The highest BCUT2D eigenvalue weighted by Crippen LogP contribution is 2.21. The monoisotopic (exact) mass is 529 g/mol. The number of nitrogens with one attached hydrogen (secondary N) is 1. The first kappa shape index (κ1) is 26.1. The van der Waals surface area contributed by atoms with Crippen molar-refractivity contribution in [3.63, 3.8) is 0 Å². The molecule has 9 heteroatoms. The van der Waals surface area contributed by atoms with Crippen LogP contribution in [0.25, 0.3) is 0 Å². The van der Waals surface area contributed by atoms with Crippen LogP contribution in [-0.4, -0.2) is 47.5 Å². The lowest BCUT2D eigenvalue weighted by atomic mass is 10.2. The standard InChI is InChI=1S/C27H29ClFN3O3S/c1-19-7-12-25(36-19)17-31(15-20-8-10-22(29)11-9-20)26(33)18-32(16-24-6-3-13-35-24)27(34)30-23-5-2-4-21(28)14-23/h2,4-5,7-12,14,24H,3,6,13,15-18H2,1H3,(H,30,34). The highest BCUT2D eigenvalue weighted by molar-refractivity contribution is 7.11. The Morgan fingerprint density at radius 2 is 1.92 bits per heavy atom. The van der Waals surface area contributed by atoms with Crippen LogP contribution in [-0.2, 0) is 22.6 Å². The van der Waals surface area contributed by atoms with Crippen LogP contribution in [0.15, 0.2) is 60.7 Å². The highest BCUT2D eigenvalue weighted by Gasteiger charge is 2.27. The summed E-state index contributed by atoms with van der Waals surface area (Å²) in [5.74, 6) is -0.532. The minimum Gasteiger partial charge on any atom is -0.376 e. The van der Waals surface area contributed by atoms with E-state index in [1.165, 1.54) is 17.0 Å². The Bertz CT molecular complexity index is 1180. The summed E-state index contributed by atoms with van der Waals surface area (Å²) < 4.78 is 19.2. The van der Waals surface area contributed by atoms with Crippen molar-refractivity contribution in [1.82, 2.24) is 9.80 Å². The lowest BCUT2D eigenvalue weighted by Crippen LogP contribution is -2.46. The Kier molecular flexibility index (Phi) is 8.96. The van der Waals surface area contributed by atoms with Gasteiger partial charge in [-0.15, -0.1) is 11.3 Å². The molecule has 0 spiro atoms. The zero-order valence-electron chi connectivity index (χ0n) is 20.1. The van der Waals surface area contributed by atoms with Crippen molar-refractivity contribution in [1.29, 1.82) is 0 Å². The van der Waals surface area contributed by atoms with Crippen LogP contribution in [0.2, 0.25) is 5.02 Å². The summed E-state index contributed by atoms with van der Waals surface area (Å²) in [7, 11) is 0. The van der Waals surface area contributed by atoms with E-state index in [1.807, 2.05) is 19.1 Å². The van der Waals surface area contributed by atoms with Gasteiger partial charge in [-0.05, 0) is 67.8 Å². The van der Waals surface area contributed by atoms with Gasteiger partial charge in [-0.1, -0.05) is 29.8 Å².